The predicted octanol–water partition coefficient (Wildman–Crippen LogP) is 3.33. The van der Waals surface area contributed by atoms with E-state index in [1.165, 1.54) is 36.3 Å². The minimum absolute atomic E-state index is 0.0234. The zero-order valence-corrected chi connectivity index (χ0v) is 15.0. The van der Waals surface area contributed by atoms with Crippen LogP contribution in [0, 0.1) is 12.8 Å². The Labute approximate surface area is 146 Å². The Morgan fingerprint density at radius 2 is 2.12 bits per heavy atom. The van der Waals surface area contributed by atoms with E-state index in [0.717, 1.165) is 17.0 Å². The second kappa shape index (κ2) is 6.30. The third-order valence-electron chi connectivity index (χ3n) is 5.41. The van der Waals surface area contributed by atoms with Crippen LogP contribution in [0.15, 0.2) is 30.5 Å². The highest BCUT2D eigenvalue weighted by Gasteiger charge is 2.39. The van der Waals surface area contributed by atoms with Gasteiger partial charge in [0.2, 0.25) is 0 Å². The minimum atomic E-state index is -0.0234. The first-order valence-corrected chi connectivity index (χ1v) is 9.49. The molecule has 5 rings (SSSR count). The molecule has 2 bridgehead atoms. The molecule has 1 N–H and O–H groups in total. The Bertz CT molecular complexity index is 739. The van der Waals surface area contributed by atoms with Crippen LogP contribution in [0.3, 0.4) is 0 Å². The molecule has 3 unspecified atom stereocenters. The van der Waals surface area contributed by atoms with Crippen molar-refractivity contribution in [3.8, 4) is 10.4 Å². The van der Waals surface area contributed by atoms with Crippen LogP contribution in [0.25, 0.3) is 10.4 Å². The third-order valence-corrected chi connectivity index (χ3v) is 6.45. The molecule has 1 amide bonds. The molecule has 4 atom stereocenters. The highest BCUT2D eigenvalue weighted by atomic mass is 32.1. The summed E-state index contributed by atoms with van der Waals surface area (Å²) in [5.41, 5.74) is 2.35. The van der Waals surface area contributed by atoms with Gasteiger partial charge in [-0.2, -0.15) is 0 Å². The summed E-state index contributed by atoms with van der Waals surface area (Å²) >= 11 is 1.47. The quantitative estimate of drug-likeness (QED) is 0.931. The highest BCUT2D eigenvalue weighted by molar-refractivity contribution is 7.16. The van der Waals surface area contributed by atoms with Gasteiger partial charge in [-0.25, -0.2) is 4.98 Å². The number of carbonyl (C=O) groups excluding carboxylic acids is 1. The van der Waals surface area contributed by atoms with Crippen LogP contribution in [-0.4, -0.2) is 41.0 Å². The molecule has 3 fully saturated rings. The fourth-order valence-electron chi connectivity index (χ4n) is 3.92. The van der Waals surface area contributed by atoms with Gasteiger partial charge in [0.05, 0.1) is 4.88 Å². The first-order valence-electron chi connectivity index (χ1n) is 8.68. The van der Waals surface area contributed by atoms with Crippen molar-refractivity contribution in [3.05, 3.63) is 41.0 Å². The van der Waals surface area contributed by atoms with E-state index in [1.807, 2.05) is 6.20 Å². The lowest BCUT2D eigenvalue weighted by molar-refractivity contribution is 0.0274. The van der Waals surface area contributed by atoms with Gasteiger partial charge in [0.1, 0.15) is 0 Å². The van der Waals surface area contributed by atoms with Crippen molar-refractivity contribution in [3.63, 3.8) is 0 Å². The topological polar surface area (TPSA) is 45.2 Å². The molecule has 126 valence electrons. The van der Waals surface area contributed by atoms with Crippen LogP contribution in [0.2, 0.25) is 0 Å². The fraction of sp³-hybridized carbons (Fsp3) is 0.474. The van der Waals surface area contributed by atoms with E-state index in [0.29, 0.717) is 17.0 Å². The summed E-state index contributed by atoms with van der Waals surface area (Å²) in [6, 6.07) is 9.27. The number of hydrogen-bond donors (Lipinski definition) is 1. The van der Waals surface area contributed by atoms with Crippen molar-refractivity contribution >= 4 is 17.2 Å². The molecule has 0 saturated carbocycles. The number of nitrogens with zero attached hydrogens (tertiary/aromatic N) is 2. The molecular weight excluding hydrogens is 318 g/mol. The van der Waals surface area contributed by atoms with E-state index < -0.39 is 0 Å². The highest BCUT2D eigenvalue weighted by Crippen LogP contribution is 2.32. The van der Waals surface area contributed by atoms with Crippen LogP contribution < -0.4 is 5.32 Å². The van der Waals surface area contributed by atoms with E-state index in [4.69, 9.17) is 0 Å². The van der Waals surface area contributed by atoms with Gasteiger partial charge < -0.3 is 5.32 Å². The van der Waals surface area contributed by atoms with Gasteiger partial charge in [0, 0.05) is 24.8 Å². The summed E-state index contributed by atoms with van der Waals surface area (Å²) in [5.74, 6) is 0.593. The van der Waals surface area contributed by atoms with Crippen molar-refractivity contribution < 1.29 is 4.79 Å². The van der Waals surface area contributed by atoms with Gasteiger partial charge >= 0.3 is 0 Å². The van der Waals surface area contributed by atoms with E-state index >= 15 is 0 Å². The molecular formula is C19H23N3OS. The summed E-state index contributed by atoms with van der Waals surface area (Å²) < 4.78 is 0. The number of aryl methyl sites for hydroxylation is 1. The summed E-state index contributed by atoms with van der Waals surface area (Å²) in [6.07, 6.45) is 4.20. The third kappa shape index (κ3) is 2.98. The van der Waals surface area contributed by atoms with Crippen LogP contribution in [0.4, 0.5) is 0 Å². The Morgan fingerprint density at radius 1 is 1.33 bits per heavy atom. The number of piperidine rings is 3. The van der Waals surface area contributed by atoms with Crippen LogP contribution in [-0.2, 0) is 0 Å². The van der Waals surface area contributed by atoms with E-state index in [1.54, 1.807) is 0 Å². The van der Waals surface area contributed by atoms with Crippen molar-refractivity contribution in [1.29, 1.82) is 0 Å². The number of hydrogen-bond acceptors (Lipinski definition) is 4. The summed E-state index contributed by atoms with van der Waals surface area (Å²) in [6.45, 7) is 6.52. The van der Waals surface area contributed by atoms with Crippen LogP contribution in [0.1, 0.15) is 35.1 Å². The Balaban J connectivity index is 1.45. The monoisotopic (exact) mass is 341 g/mol. The van der Waals surface area contributed by atoms with Gasteiger partial charge in [0.15, 0.2) is 5.01 Å². The number of aromatic nitrogens is 1. The molecule has 1 aromatic carbocycles. The smallest absolute Gasteiger partial charge is 0.280 e. The molecule has 0 aliphatic carbocycles. The van der Waals surface area contributed by atoms with E-state index in [-0.39, 0.29) is 11.9 Å². The standard InChI is InChI=1S/C19H23N3OS/c1-12-3-5-14(6-4-12)17-10-20-19(24-17)18(23)21-16-11-22-8-7-15(16)9-13(22)2/h3-6,10,13,15-16H,7-9,11H2,1-2H3,(H,21,23)/t13?,15?,16-/m0/s1. The normalized spacial score (nSPS) is 28.8. The van der Waals surface area contributed by atoms with Gasteiger partial charge in [-0.15, -0.1) is 11.3 Å². The maximum atomic E-state index is 12.6. The molecule has 5 heteroatoms. The second-order valence-electron chi connectivity index (χ2n) is 7.10. The lowest BCUT2D eigenvalue weighted by atomic mass is 9.80. The lowest BCUT2D eigenvalue weighted by Gasteiger charge is -2.48. The second-order valence-corrected chi connectivity index (χ2v) is 8.13. The van der Waals surface area contributed by atoms with Crippen molar-refractivity contribution in [1.82, 2.24) is 15.2 Å². The first kappa shape index (κ1) is 15.8. The number of benzene rings is 1. The number of carbonyl (C=O) groups is 1. The van der Waals surface area contributed by atoms with E-state index in [2.05, 4.69) is 53.3 Å². The number of thiazole rings is 1. The van der Waals surface area contributed by atoms with Gasteiger partial charge in [0.25, 0.3) is 5.91 Å². The largest absolute Gasteiger partial charge is 0.346 e. The fourth-order valence-corrected chi connectivity index (χ4v) is 4.74. The van der Waals surface area contributed by atoms with Crippen LogP contribution in [0.5, 0.6) is 0 Å². The van der Waals surface area contributed by atoms with Gasteiger partial charge in [-0.1, -0.05) is 29.8 Å². The maximum absolute atomic E-state index is 12.6. The van der Waals surface area contributed by atoms with Gasteiger partial charge in [-0.05, 0) is 44.7 Å². The molecule has 3 saturated heterocycles. The maximum Gasteiger partial charge on any atom is 0.280 e. The molecule has 3 aliphatic rings. The lowest BCUT2D eigenvalue weighted by Crippen LogP contribution is -2.60. The van der Waals surface area contributed by atoms with E-state index in [9.17, 15) is 4.79 Å². The average molecular weight is 341 g/mol. The molecule has 0 radical (unpaired) electrons. The number of fused-ring (bicyclic) bond motifs is 3. The van der Waals surface area contributed by atoms with Crippen molar-refractivity contribution in [2.45, 2.75) is 38.8 Å². The zero-order chi connectivity index (χ0) is 16.7. The Hall–Kier alpha value is -1.72. The first-order chi connectivity index (χ1) is 11.6. The summed E-state index contributed by atoms with van der Waals surface area (Å²) in [5, 5.41) is 3.79. The van der Waals surface area contributed by atoms with Crippen molar-refractivity contribution in [2.24, 2.45) is 5.92 Å². The molecule has 4 heterocycles. The molecule has 4 nitrogen and oxygen atoms in total. The zero-order valence-electron chi connectivity index (χ0n) is 14.2. The summed E-state index contributed by atoms with van der Waals surface area (Å²) in [7, 11) is 0. The van der Waals surface area contributed by atoms with Crippen molar-refractivity contribution in [2.75, 3.05) is 13.1 Å². The molecule has 24 heavy (non-hydrogen) atoms. The Morgan fingerprint density at radius 3 is 2.79 bits per heavy atom. The average Bonchev–Trinajstić information content (AvgIpc) is 3.07. The number of nitrogens with one attached hydrogen (secondary N) is 1. The molecule has 3 aliphatic heterocycles. The van der Waals surface area contributed by atoms with Gasteiger partial charge in [-0.3, -0.25) is 9.69 Å². The van der Waals surface area contributed by atoms with Crippen LogP contribution >= 0.6 is 11.3 Å². The number of amides is 1. The number of rotatable bonds is 3. The Kier molecular flexibility index (Phi) is 4.14. The molecule has 1 aromatic heterocycles. The summed E-state index contributed by atoms with van der Waals surface area (Å²) in [4.78, 5) is 20.5. The molecule has 0 spiro atoms. The predicted molar refractivity (Wildman–Crippen MR) is 97.3 cm³/mol. The minimum Gasteiger partial charge on any atom is -0.346 e. The SMILES string of the molecule is Cc1ccc(-c2cnc(C(=O)N[C@H]3CN4CCC3CC4C)s2)cc1. The molecule has 2 aromatic rings.